The lowest BCUT2D eigenvalue weighted by Crippen LogP contribution is -2.67. The van der Waals surface area contributed by atoms with Crippen molar-refractivity contribution in [1.82, 2.24) is 9.55 Å². The average Bonchev–Trinajstić information content (AvgIpc) is 3.00. The van der Waals surface area contributed by atoms with Crippen molar-refractivity contribution in [1.29, 1.82) is 0 Å². The fourth-order valence-electron chi connectivity index (χ4n) is 5.90. The molecule has 8 nitrogen and oxygen atoms in total. The highest BCUT2D eigenvalue weighted by Gasteiger charge is 2.67. The monoisotopic (exact) mass is 528 g/mol. The second kappa shape index (κ2) is 9.31. The predicted octanol–water partition coefficient (Wildman–Crippen LogP) is 4.27. The summed E-state index contributed by atoms with van der Waals surface area (Å²) in [4.78, 5) is 26.9. The Bertz CT molecular complexity index is 990. The molecular weight excluding hydrogens is 489 g/mol. The third kappa shape index (κ3) is 3.95. The smallest absolute Gasteiger partial charge is 0.335 e. The topological polar surface area (TPSA) is 91.8 Å². The molecule has 0 aromatic carbocycles. The number of aromatic amines is 1. The van der Waals surface area contributed by atoms with Crippen molar-refractivity contribution in [3.05, 3.63) is 33.1 Å². The first-order chi connectivity index (χ1) is 15.9. The summed E-state index contributed by atoms with van der Waals surface area (Å²) < 4.78 is 29.2. The summed E-state index contributed by atoms with van der Waals surface area (Å²) in [5.74, 6) is 0.973. The molecule has 3 saturated heterocycles. The molecule has 1 aromatic rings. The van der Waals surface area contributed by atoms with Crippen molar-refractivity contribution in [2.45, 2.75) is 107 Å². The second-order valence-corrected chi connectivity index (χ2v) is 21.4. The zero-order valence-corrected chi connectivity index (χ0v) is 24.4. The zero-order chi connectivity index (χ0) is 25.1. The number of nitrogens with one attached hydrogen (secondary N) is 1. The maximum atomic E-state index is 12.8. The Labute approximate surface area is 208 Å². The van der Waals surface area contributed by atoms with E-state index in [2.05, 4.69) is 60.4 Å². The summed E-state index contributed by atoms with van der Waals surface area (Å²) in [5.41, 5.74) is 0.0722. The summed E-state index contributed by atoms with van der Waals surface area (Å²) in [6, 6.07) is 1.37. The van der Waals surface area contributed by atoms with Crippen LogP contribution in [0.25, 0.3) is 0 Å². The molecule has 0 aliphatic carbocycles. The highest BCUT2D eigenvalue weighted by atomic mass is 32.2. The Morgan fingerprint density at radius 3 is 2.09 bits per heavy atom. The number of hydrogen-bond donors (Lipinski definition) is 1. The molecule has 3 fully saturated rings. The molecule has 4 heterocycles. The Morgan fingerprint density at radius 1 is 1.03 bits per heavy atom. The fraction of sp³-hybridized carbons (Fsp3) is 0.826. The summed E-state index contributed by atoms with van der Waals surface area (Å²) in [6.45, 7) is 18.0. The Morgan fingerprint density at radius 2 is 1.62 bits per heavy atom. The second-order valence-electron chi connectivity index (χ2n) is 11.1. The van der Waals surface area contributed by atoms with E-state index in [1.54, 1.807) is 18.0 Å². The molecular formula is C23H40N2O6SSi2. The zero-order valence-electron chi connectivity index (χ0n) is 21.6. The molecule has 3 aliphatic rings. The molecule has 1 unspecified atom stereocenters. The highest BCUT2D eigenvalue weighted by molar-refractivity contribution is 8.02. The number of rotatable bonds is 5. The van der Waals surface area contributed by atoms with E-state index < -0.39 is 39.3 Å². The van der Waals surface area contributed by atoms with Crippen LogP contribution in [0.3, 0.4) is 0 Å². The minimum Gasteiger partial charge on any atom is -0.414 e. The Balaban J connectivity index is 1.84. The first kappa shape index (κ1) is 26.4. The van der Waals surface area contributed by atoms with Crippen LogP contribution in [0, 0.1) is 0 Å². The summed E-state index contributed by atoms with van der Waals surface area (Å²) >= 11 is 1.79. The first-order valence-electron chi connectivity index (χ1n) is 12.5. The lowest BCUT2D eigenvalue weighted by molar-refractivity contribution is -0.0571. The van der Waals surface area contributed by atoms with Crippen LogP contribution in [-0.4, -0.2) is 56.0 Å². The van der Waals surface area contributed by atoms with Crippen LogP contribution >= 0.6 is 11.8 Å². The van der Waals surface area contributed by atoms with Crippen molar-refractivity contribution in [2.24, 2.45) is 0 Å². The molecule has 0 bridgehead atoms. The molecule has 4 atom stereocenters. The number of hydrogen-bond acceptors (Lipinski definition) is 7. The van der Waals surface area contributed by atoms with Gasteiger partial charge in [-0.3, -0.25) is 14.3 Å². The van der Waals surface area contributed by atoms with Gasteiger partial charge in [0.25, 0.3) is 5.56 Å². The average molecular weight is 529 g/mol. The molecule has 11 heteroatoms. The minimum atomic E-state index is -2.79. The highest BCUT2D eigenvalue weighted by Crippen LogP contribution is 2.60. The van der Waals surface area contributed by atoms with Gasteiger partial charge in [-0.05, 0) is 34.3 Å². The van der Waals surface area contributed by atoms with Gasteiger partial charge in [0, 0.05) is 12.3 Å². The molecule has 192 valence electrons. The minimum absolute atomic E-state index is 0.219. The summed E-state index contributed by atoms with van der Waals surface area (Å²) in [5, 5.41) is 0. The number of nitrogens with zero attached hydrogens (tertiary/aromatic N) is 1. The molecule has 1 spiro atoms. The quantitative estimate of drug-likeness (QED) is 0.571. The van der Waals surface area contributed by atoms with Crippen molar-refractivity contribution >= 4 is 28.9 Å². The van der Waals surface area contributed by atoms with Gasteiger partial charge in [0.1, 0.15) is 6.10 Å². The summed E-state index contributed by atoms with van der Waals surface area (Å²) in [6.07, 6.45) is 1.31. The lowest BCUT2D eigenvalue weighted by Gasteiger charge is -2.54. The van der Waals surface area contributed by atoms with Crippen molar-refractivity contribution in [3.63, 3.8) is 0 Å². The van der Waals surface area contributed by atoms with Crippen LogP contribution in [0.15, 0.2) is 21.9 Å². The predicted molar refractivity (Wildman–Crippen MR) is 139 cm³/mol. The molecule has 0 saturated carbocycles. The number of ether oxygens (including phenoxy) is 1. The standard InChI is InChI=1S/C23H40N2O6SSi2/c1-14(2)33(15(3)4)28-13-18-20(30-34(31-33,16(5)6)17(7)8)23(10-12-32-23)21(29-18)25-11-9-19(26)24-22(25)27/h9,11,14-18,20-21H,10,12-13H2,1-8H3,(H,24,26,27)/t18-,20-,21-,23?/m1/s1. The molecule has 3 aliphatic heterocycles. The van der Waals surface area contributed by atoms with Gasteiger partial charge in [-0.2, -0.15) is 0 Å². The number of fused-ring (bicyclic) bond motifs is 2. The molecule has 1 N–H and O–H groups in total. The van der Waals surface area contributed by atoms with Crippen molar-refractivity contribution in [3.8, 4) is 0 Å². The molecule has 34 heavy (non-hydrogen) atoms. The van der Waals surface area contributed by atoms with Gasteiger partial charge >= 0.3 is 22.8 Å². The van der Waals surface area contributed by atoms with Crippen LogP contribution in [-0.2, 0) is 17.7 Å². The van der Waals surface area contributed by atoms with E-state index in [1.807, 2.05) is 0 Å². The van der Waals surface area contributed by atoms with E-state index in [4.69, 9.17) is 17.7 Å². The van der Waals surface area contributed by atoms with Crippen LogP contribution in [0.1, 0.15) is 68.0 Å². The van der Waals surface area contributed by atoms with Crippen LogP contribution in [0.2, 0.25) is 22.2 Å². The third-order valence-corrected chi connectivity index (χ3v) is 19.6. The largest absolute Gasteiger partial charge is 0.414 e. The van der Waals surface area contributed by atoms with Crippen molar-refractivity contribution < 1.29 is 17.7 Å². The van der Waals surface area contributed by atoms with Gasteiger partial charge in [-0.25, -0.2) is 4.79 Å². The normalized spacial score (nSPS) is 32.8. The maximum Gasteiger partial charge on any atom is 0.335 e. The van der Waals surface area contributed by atoms with Gasteiger partial charge < -0.3 is 17.7 Å². The third-order valence-electron chi connectivity index (χ3n) is 7.83. The number of aromatic nitrogens is 2. The maximum absolute atomic E-state index is 12.8. The van der Waals surface area contributed by atoms with E-state index in [0.29, 0.717) is 6.61 Å². The van der Waals surface area contributed by atoms with Gasteiger partial charge in [-0.15, -0.1) is 11.8 Å². The van der Waals surface area contributed by atoms with Crippen LogP contribution in [0.5, 0.6) is 0 Å². The van der Waals surface area contributed by atoms with Crippen LogP contribution in [0.4, 0.5) is 0 Å². The number of H-pyrrole nitrogens is 1. The molecule has 4 rings (SSSR count). The molecule has 1 aromatic heterocycles. The molecule has 0 radical (unpaired) electrons. The number of thioether (sulfide) groups is 1. The van der Waals surface area contributed by atoms with Gasteiger partial charge in [0.05, 0.1) is 17.5 Å². The van der Waals surface area contributed by atoms with E-state index in [-0.39, 0.29) is 34.4 Å². The summed E-state index contributed by atoms with van der Waals surface area (Å²) in [7, 11) is -5.46. The Kier molecular flexibility index (Phi) is 7.22. The van der Waals surface area contributed by atoms with E-state index in [0.717, 1.165) is 12.2 Å². The lowest BCUT2D eigenvalue weighted by atomic mass is 9.94. The van der Waals surface area contributed by atoms with E-state index >= 15 is 0 Å². The SMILES string of the molecule is CC(C)[Si]1(C(C)C)OC[C@H]2O[C@@H](n3ccc(=O)[nH]c3=O)C3(CCS3)[C@@H]2O[Si](C(C)C)(C(C)C)O1. The fourth-order valence-corrected chi connectivity index (χ4v) is 18.6. The van der Waals surface area contributed by atoms with Gasteiger partial charge in [-0.1, -0.05) is 55.4 Å². The van der Waals surface area contributed by atoms with E-state index in [1.165, 1.54) is 10.6 Å². The van der Waals surface area contributed by atoms with Gasteiger partial charge in [0.15, 0.2) is 6.23 Å². The van der Waals surface area contributed by atoms with Crippen LogP contribution < -0.4 is 11.2 Å². The van der Waals surface area contributed by atoms with Gasteiger partial charge in [0.2, 0.25) is 0 Å². The Hall–Kier alpha value is -0.696. The van der Waals surface area contributed by atoms with Crippen molar-refractivity contribution in [2.75, 3.05) is 12.4 Å². The molecule has 0 amide bonds. The van der Waals surface area contributed by atoms with E-state index in [9.17, 15) is 9.59 Å². The first-order valence-corrected chi connectivity index (χ1v) is 17.4.